The Labute approximate surface area is 82.2 Å². The molecule has 0 unspecified atom stereocenters. The highest BCUT2D eigenvalue weighted by molar-refractivity contribution is 7.09. The average molecular weight is 198 g/mol. The molecule has 0 saturated heterocycles. The molecule has 0 bridgehead atoms. The molecule has 0 aromatic carbocycles. The zero-order valence-electron chi connectivity index (χ0n) is 7.53. The summed E-state index contributed by atoms with van der Waals surface area (Å²) >= 11 is 1.69. The number of hydrogen-bond donors (Lipinski definition) is 1. The van der Waals surface area contributed by atoms with E-state index in [9.17, 15) is 4.79 Å². The fraction of sp³-hybridized carbons (Fsp3) is 0.500. The van der Waals surface area contributed by atoms with Crippen LogP contribution in [0.1, 0.15) is 24.1 Å². The summed E-state index contributed by atoms with van der Waals surface area (Å²) in [6.45, 7) is 0.116. The van der Waals surface area contributed by atoms with Gasteiger partial charge in [0.15, 0.2) is 0 Å². The fourth-order valence-electron chi connectivity index (χ4n) is 1.12. The summed E-state index contributed by atoms with van der Waals surface area (Å²) in [7, 11) is 0. The van der Waals surface area contributed by atoms with Gasteiger partial charge in [0.1, 0.15) is 5.78 Å². The minimum atomic E-state index is 0.116. The molecule has 2 nitrogen and oxygen atoms in total. The summed E-state index contributed by atoms with van der Waals surface area (Å²) in [4.78, 5) is 12.5. The fourth-order valence-corrected chi connectivity index (χ4v) is 1.83. The van der Waals surface area contributed by atoms with Crippen molar-refractivity contribution in [2.24, 2.45) is 0 Å². The lowest BCUT2D eigenvalue weighted by Crippen LogP contribution is -2.00. The lowest BCUT2D eigenvalue weighted by molar-refractivity contribution is -0.119. The van der Waals surface area contributed by atoms with Crippen LogP contribution in [0, 0.1) is 0 Å². The van der Waals surface area contributed by atoms with Crippen LogP contribution >= 0.6 is 11.3 Å². The maximum Gasteiger partial charge on any atom is 0.133 e. The van der Waals surface area contributed by atoms with Crippen molar-refractivity contribution < 1.29 is 9.90 Å². The predicted molar refractivity (Wildman–Crippen MR) is 54.0 cm³/mol. The summed E-state index contributed by atoms with van der Waals surface area (Å²) < 4.78 is 0. The molecule has 0 spiro atoms. The number of rotatable bonds is 6. The average Bonchev–Trinajstić information content (AvgIpc) is 2.64. The van der Waals surface area contributed by atoms with Gasteiger partial charge in [0.05, 0.1) is 0 Å². The van der Waals surface area contributed by atoms with Crippen molar-refractivity contribution in [2.45, 2.75) is 25.7 Å². The van der Waals surface area contributed by atoms with Crippen LogP contribution in [0.2, 0.25) is 0 Å². The Morgan fingerprint density at radius 1 is 1.46 bits per heavy atom. The monoisotopic (exact) mass is 198 g/mol. The Bertz CT molecular complexity index is 241. The lowest BCUT2D eigenvalue weighted by atomic mass is 10.1. The first-order valence-electron chi connectivity index (χ1n) is 4.48. The van der Waals surface area contributed by atoms with Gasteiger partial charge < -0.3 is 5.11 Å². The summed E-state index contributed by atoms with van der Waals surface area (Å²) in [6, 6.07) is 4.04. The largest absolute Gasteiger partial charge is 0.396 e. The highest BCUT2D eigenvalue weighted by Crippen LogP contribution is 2.11. The van der Waals surface area contributed by atoms with Gasteiger partial charge in [-0.3, -0.25) is 4.79 Å². The number of Topliss-reactive ketones (excluding diaryl/α,β-unsaturated/α-hetero) is 1. The summed E-state index contributed by atoms with van der Waals surface area (Å²) in [5, 5.41) is 10.5. The normalized spacial score (nSPS) is 10.2. The number of aliphatic hydroxyl groups is 1. The first-order chi connectivity index (χ1) is 6.33. The predicted octanol–water partition coefficient (Wildman–Crippen LogP) is 2.02. The second-order valence-electron chi connectivity index (χ2n) is 2.95. The third-order valence-electron chi connectivity index (χ3n) is 1.84. The van der Waals surface area contributed by atoms with Crippen molar-refractivity contribution in [1.82, 2.24) is 0 Å². The van der Waals surface area contributed by atoms with Crippen molar-refractivity contribution in [3.8, 4) is 0 Å². The molecule has 0 aliphatic heterocycles. The molecule has 0 atom stereocenters. The second-order valence-corrected chi connectivity index (χ2v) is 3.98. The maximum absolute atomic E-state index is 11.2. The van der Waals surface area contributed by atoms with E-state index in [0.717, 1.165) is 6.42 Å². The molecule has 1 rings (SSSR count). The number of carbonyl (C=O) groups is 1. The van der Waals surface area contributed by atoms with Crippen LogP contribution in [-0.4, -0.2) is 17.5 Å². The van der Waals surface area contributed by atoms with E-state index in [-0.39, 0.29) is 12.4 Å². The molecule has 1 aromatic heterocycles. The van der Waals surface area contributed by atoms with E-state index in [4.69, 9.17) is 5.11 Å². The number of aliphatic hydroxyl groups excluding tert-OH is 1. The van der Waals surface area contributed by atoms with E-state index in [1.165, 1.54) is 4.88 Å². The Morgan fingerprint density at radius 3 is 2.92 bits per heavy atom. The Morgan fingerprint density at radius 2 is 2.31 bits per heavy atom. The van der Waals surface area contributed by atoms with Crippen molar-refractivity contribution in [3.05, 3.63) is 22.4 Å². The molecule has 0 radical (unpaired) electrons. The minimum Gasteiger partial charge on any atom is -0.396 e. The van der Waals surface area contributed by atoms with Gasteiger partial charge in [-0.2, -0.15) is 0 Å². The van der Waals surface area contributed by atoms with Crippen molar-refractivity contribution in [3.63, 3.8) is 0 Å². The zero-order valence-corrected chi connectivity index (χ0v) is 8.35. The van der Waals surface area contributed by atoms with Crippen LogP contribution in [0.4, 0.5) is 0 Å². The van der Waals surface area contributed by atoms with Crippen molar-refractivity contribution in [1.29, 1.82) is 0 Å². The topological polar surface area (TPSA) is 37.3 Å². The van der Waals surface area contributed by atoms with Gasteiger partial charge in [-0.25, -0.2) is 0 Å². The van der Waals surface area contributed by atoms with Gasteiger partial charge in [-0.1, -0.05) is 6.07 Å². The highest BCUT2D eigenvalue weighted by Gasteiger charge is 2.02. The third kappa shape index (κ3) is 4.20. The smallest absolute Gasteiger partial charge is 0.133 e. The molecule has 1 heterocycles. The number of carbonyl (C=O) groups excluding carboxylic acids is 1. The van der Waals surface area contributed by atoms with Gasteiger partial charge in [0.2, 0.25) is 0 Å². The van der Waals surface area contributed by atoms with Crippen molar-refractivity contribution >= 4 is 17.1 Å². The van der Waals surface area contributed by atoms with Gasteiger partial charge in [0, 0.05) is 24.3 Å². The molecule has 0 amide bonds. The van der Waals surface area contributed by atoms with Gasteiger partial charge in [0.25, 0.3) is 0 Å². The van der Waals surface area contributed by atoms with Gasteiger partial charge >= 0.3 is 0 Å². The summed E-state index contributed by atoms with van der Waals surface area (Å²) in [6.07, 6.45) is 2.58. The molecule has 1 aromatic rings. The van der Waals surface area contributed by atoms with Crippen LogP contribution in [0.25, 0.3) is 0 Å². The highest BCUT2D eigenvalue weighted by atomic mass is 32.1. The summed E-state index contributed by atoms with van der Waals surface area (Å²) in [5.74, 6) is 0.252. The van der Waals surface area contributed by atoms with Crippen LogP contribution in [0.3, 0.4) is 0 Å². The van der Waals surface area contributed by atoms with Crippen LogP contribution < -0.4 is 0 Å². The lowest BCUT2D eigenvalue weighted by Gasteiger charge is -1.97. The van der Waals surface area contributed by atoms with E-state index < -0.39 is 0 Å². The number of hydrogen-bond acceptors (Lipinski definition) is 3. The molecule has 0 fully saturated rings. The Hall–Kier alpha value is -0.670. The molecule has 0 saturated carbocycles. The molecule has 3 heteroatoms. The summed E-state index contributed by atoms with van der Waals surface area (Å²) in [5.41, 5.74) is 0. The molecule has 1 N–H and O–H groups in total. The van der Waals surface area contributed by atoms with Crippen LogP contribution in [0.5, 0.6) is 0 Å². The van der Waals surface area contributed by atoms with E-state index in [0.29, 0.717) is 19.3 Å². The van der Waals surface area contributed by atoms with Crippen molar-refractivity contribution in [2.75, 3.05) is 6.61 Å². The second kappa shape index (κ2) is 5.89. The molecule has 13 heavy (non-hydrogen) atoms. The van der Waals surface area contributed by atoms with E-state index >= 15 is 0 Å². The molecule has 0 aliphatic rings. The SMILES string of the molecule is O=C(CCCO)CCc1cccs1. The van der Waals surface area contributed by atoms with E-state index in [1.807, 2.05) is 17.5 Å². The maximum atomic E-state index is 11.2. The third-order valence-corrected chi connectivity index (χ3v) is 2.78. The number of ketones is 1. The Kier molecular flexibility index (Phi) is 4.72. The number of aryl methyl sites for hydroxylation is 1. The molecule has 0 aliphatic carbocycles. The zero-order chi connectivity index (χ0) is 9.52. The molecule has 72 valence electrons. The van der Waals surface area contributed by atoms with Gasteiger partial charge in [-0.15, -0.1) is 11.3 Å². The first kappa shape index (κ1) is 10.4. The van der Waals surface area contributed by atoms with Crippen LogP contribution in [-0.2, 0) is 11.2 Å². The Balaban J connectivity index is 2.15. The van der Waals surface area contributed by atoms with Gasteiger partial charge in [-0.05, 0) is 24.3 Å². The molecular formula is C10H14O2S. The minimum absolute atomic E-state index is 0.116. The van der Waals surface area contributed by atoms with E-state index in [2.05, 4.69) is 0 Å². The quantitative estimate of drug-likeness (QED) is 0.759. The molecular weight excluding hydrogens is 184 g/mol. The van der Waals surface area contributed by atoms with Crippen LogP contribution in [0.15, 0.2) is 17.5 Å². The number of thiophene rings is 1. The first-order valence-corrected chi connectivity index (χ1v) is 5.36. The van der Waals surface area contributed by atoms with E-state index in [1.54, 1.807) is 11.3 Å². The standard InChI is InChI=1S/C10H14O2S/c11-7-1-3-9(12)5-6-10-4-2-8-13-10/h2,4,8,11H,1,3,5-7H2.